The Bertz CT molecular complexity index is 506. The van der Waals surface area contributed by atoms with Crippen molar-refractivity contribution in [1.29, 1.82) is 0 Å². The minimum Gasteiger partial charge on any atom is -0.497 e. The van der Waals surface area contributed by atoms with Crippen molar-refractivity contribution < 1.29 is 19.4 Å². The van der Waals surface area contributed by atoms with E-state index in [-0.39, 0.29) is 24.8 Å². The lowest BCUT2D eigenvalue weighted by atomic mass is 9.88. The van der Waals surface area contributed by atoms with Crippen LogP contribution in [0.25, 0.3) is 0 Å². The van der Waals surface area contributed by atoms with E-state index in [4.69, 9.17) is 9.84 Å². The summed E-state index contributed by atoms with van der Waals surface area (Å²) in [6.45, 7) is 0.205. The van der Waals surface area contributed by atoms with E-state index in [1.54, 1.807) is 36.3 Å². The number of hydrogen-bond acceptors (Lipinski definition) is 3. The van der Waals surface area contributed by atoms with Crippen LogP contribution >= 0.6 is 0 Å². The van der Waals surface area contributed by atoms with Gasteiger partial charge in [-0.2, -0.15) is 0 Å². The number of ether oxygens (including phenoxy) is 1. The Labute approximate surface area is 130 Å². The average molecular weight is 305 g/mol. The molecule has 1 aromatic carbocycles. The first-order valence-electron chi connectivity index (χ1n) is 7.79. The molecule has 1 aromatic rings. The highest BCUT2D eigenvalue weighted by molar-refractivity contribution is 5.95. The molecule has 0 atom stereocenters. The van der Waals surface area contributed by atoms with E-state index in [0.717, 1.165) is 31.4 Å². The molecule has 0 unspecified atom stereocenters. The Balaban J connectivity index is 2.16. The number of carbonyl (C=O) groups excluding carboxylic acids is 1. The van der Waals surface area contributed by atoms with Crippen LogP contribution in [-0.2, 0) is 9.59 Å². The molecule has 1 N–H and O–H groups in total. The number of rotatable bonds is 6. The molecule has 0 aromatic heterocycles. The molecule has 1 amide bonds. The molecule has 120 valence electrons. The normalized spacial score (nSPS) is 15.3. The zero-order valence-electron chi connectivity index (χ0n) is 13.0. The van der Waals surface area contributed by atoms with Gasteiger partial charge in [0.1, 0.15) is 5.75 Å². The first-order valence-corrected chi connectivity index (χ1v) is 7.79. The molecule has 2 rings (SSSR count). The van der Waals surface area contributed by atoms with Crippen LogP contribution in [0, 0.1) is 5.92 Å². The van der Waals surface area contributed by atoms with Gasteiger partial charge in [0.2, 0.25) is 5.91 Å². The van der Waals surface area contributed by atoms with Crippen molar-refractivity contribution in [3.8, 4) is 5.75 Å². The van der Waals surface area contributed by atoms with Crippen molar-refractivity contribution in [2.45, 2.75) is 38.5 Å². The maximum absolute atomic E-state index is 12.8. The van der Waals surface area contributed by atoms with Crippen molar-refractivity contribution in [3.63, 3.8) is 0 Å². The van der Waals surface area contributed by atoms with E-state index in [1.165, 1.54) is 6.42 Å². The summed E-state index contributed by atoms with van der Waals surface area (Å²) in [5.41, 5.74) is 0.734. The summed E-state index contributed by atoms with van der Waals surface area (Å²) in [6, 6.07) is 7.19. The largest absolute Gasteiger partial charge is 0.497 e. The van der Waals surface area contributed by atoms with Gasteiger partial charge in [0, 0.05) is 18.2 Å². The van der Waals surface area contributed by atoms with Gasteiger partial charge in [0.25, 0.3) is 0 Å². The number of carbonyl (C=O) groups is 2. The van der Waals surface area contributed by atoms with Gasteiger partial charge in [-0.15, -0.1) is 0 Å². The van der Waals surface area contributed by atoms with Gasteiger partial charge in [0.15, 0.2) is 0 Å². The number of carboxylic acids is 1. The van der Waals surface area contributed by atoms with Crippen molar-refractivity contribution in [2.75, 3.05) is 18.6 Å². The second-order valence-corrected chi connectivity index (χ2v) is 5.67. The number of amides is 1. The minimum atomic E-state index is -0.894. The van der Waals surface area contributed by atoms with Crippen LogP contribution in [0.5, 0.6) is 5.75 Å². The van der Waals surface area contributed by atoms with Gasteiger partial charge >= 0.3 is 5.97 Å². The molecule has 0 bridgehead atoms. The van der Waals surface area contributed by atoms with Crippen LogP contribution in [0.1, 0.15) is 38.5 Å². The molecular formula is C17H23NO4. The number of nitrogens with zero attached hydrogens (tertiary/aromatic N) is 1. The lowest BCUT2D eigenvalue weighted by Gasteiger charge is -2.29. The Morgan fingerprint density at radius 2 is 1.82 bits per heavy atom. The zero-order chi connectivity index (χ0) is 15.9. The second-order valence-electron chi connectivity index (χ2n) is 5.67. The molecule has 1 aliphatic rings. The molecule has 1 aliphatic carbocycles. The summed E-state index contributed by atoms with van der Waals surface area (Å²) in [5, 5.41) is 8.93. The van der Waals surface area contributed by atoms with E-state index >= 15 is 0 Å². The monoisotopic (exact) mass is 305 g/mol. The minimum absolute atomic E-state index is 0.0182. The van der Waals surface area contributed by atoms with E-state index < -0.39 is 5.97 Å². The van der Waals surface area contributed by atoms with Gasteiger partial charge in [-0.25, -0.2) is 0 Å². The highest BCUT2D eigenvalue weighted by atomic mass is 16.5. The smallest absolute Gasteiger partial charge is 0.305 e. The predicted octanol–water partition coefficient (Wildman–Crippen LogP) is 3.08. The Hall–Kier alpha value is -2.04. The van der Waals surface area contributed by atoms with Crippen molar-refractivity contribution >= 4 is 17.6 Å². The van der Waals surface area contributed by atoms with Crippen molar-refractivity contribution in [3.05, 3.63) is 24.3 Å². The van der Waals surface area contributed by atoms with Crippen LogP contribution in [-0.4, -0.2) is 30.6 Å². The fourth-order valence-corrected chi connectivity index (χ4v) is 2.91. The molecule has 0 saturated heterocycles. The molecule has 0 spiro atoms. The molecule has 0 radical (unpaired) electrons. The summed E-state index contributed by atoms with van der Waals surface area (Å²) in [6.07, 6.45) is 5.08. The Morgan fingerprint density at radius 3 is 2.36 bits per heavy atom. The third-order valence-corrected chi connectivity index (χ3v) is 4.15. The third-order valence-electron chi connectivity index (χ3n) is 4.15. The second kappa shape index (κ2) is 7.82. The first kappa shape index (κ1) is 16.3. The molecule has 5 heteroatoms. The molecular weight excluding hydrogens is 282 g/mol. The quantitative estimate of drug-likeness (QED) is 0.877. The molecule has 0 aliphatic heterocycles. The Kier molecular flexibility index (Phi) is 5.81. The topological polar surface area (TPSA) is 66.8 Å². The SMILES string of the molecule is COc1ccc(N(CCC(=O)O)C(=O)C2CCCCC2)cc1. The van der Waals surface area contributed by atoms with E-state index in [2.05, 4.69) is 0 Å². The Morgan fingerprint density at radius 1 is 1.18 bits per heavy atom. The van der Waals surface area contributed by atoms with Gasteiger partial charge in [-0.1, -0.05) is 19.3 Å². The van der Waals surface area contributed by atoms with Crippen molar-refractivity contribution in [1.82, 2.24) is 0 Å². The van der Waals surface area contributed by atoms with Gasteiger partial charge in [-0.05, 0) is 37.1 Å². The number of benzene rings is 1. The number of methoxy groups -OCH3 is 1. The van der Waals surface area contributed by atoms with E-state index in [1.807, 2.05) is 0 Å². The number of carboxylic acid groups (broad SMARTS) is 1. The van der Waals surface area contributed by atoms with E-state index in [9.17, 15) is 9.59 Å². The van der Waals surface area contributed by atoms with E-state index in [0.29, 0.717) is 5.75 Å². The third kappa shape index (κ3) is 4.23. The molecule has 1 saturated carbocycles. The van der Waals surface area contributed by atoms with Gasteiger partial charge in [-0.3, -0.25) is 9.59 Å². The summed E-state index contributed by atoms with van der Waals surface area (Å²) in [5.74, 6) is -0.113. The zero-order valence-corrected chi connectivity index (χ0v) is 13.0. The molecule has 1 fully saturated rings. The lowest BCUT2D eigenvalue weighted by Crippen LogP contribution is -2.38. The number of aliphatic carboxylic acids is 1. The maximum Gasteiger partial charge on any atom is 0.305 e. The van der Waals surface area contributed by atoms with Gasteiger partial charge < -0.3 is 14.7 Å². The summed E-state index contributed by atoms with van der Waals surface area (Å²) in [4.78, 5) is 25.3. The standard InChI is InChI=1S/C17H23NO4/c1-22-15-9-7-14(8-10-15)18(12-11-16(19)20)17(21)13-5-3-2-4-6-13/h7-10,13H,2-6,11-12H2,1H3,(H,19,20). The summed E-state index contributed by atoms with van der Waals surface area (Å²) < 4.78 is 5.13. The lowest BCUT2D eigenvalue weighted by molar-refractivity contribution is -0.136. The predicted molar refractivity (Wildman–Crippen MR) is 84.2 cm³/mol. The number of hydrogen-bond donors (Lipinski definition) is 1. The summed E-state index contributed by atoms with van der Waals surface area (Å²) in [7, 11) is 1.59. The average Bonchev–Trinajstić information content (AvgIpc) is 2.56. The first-order chi connectivity index (χ1) is 10.6. The highest BCUT2D eigenvalue weighted by Gasteiger charge is 2.27. The highest BCUT2D eigenvalue weighted by Crippen LogP contribution is 2.28. The van der Waals surface area contributed by atoms with Crippen molar-refractivity contribution in [2.24, 2.45) is 5.92 Å². The van der Waals surface area contributed by atoms with Crippen LogP contribution in [0.3, 0.4) is 0 Å². The fraction of sp³-hybridized carbons (Fsp3) is 0.529. The molecule has 0 heterocycles. The van der Waals surface area contributed by atoms with Crippen LogP contribution < -0.4 is 9.64 Å². The molecule has 22 heavy (non-hydrogen) atoms. The van der Waals surface area contributed by atoms with Crippen LogP contribution in [0.2, 0.25) is 0 Å². The van der Waals surface area contributed by atoms with Gasteiger partial charge in [0.05, 0.1) is 13.5 Å². The summed E-state index contributed by atoms with van der Waals surface area (Å²) >= 11 is 0. The number of anilines is 1. The fourth-order valence-electron chi connectivity index (χ4n) is 2.91. The van der Waals surface area contributed by atoms with Crippen LogP contribution in [0.4, 0.5) is 5.69 Å². The van der Waals surface area contributed by atoms with Crippen LogP contribution in [0.15, 0.2) is 24.3 Å². The maximum atomic E-state index is 12.8. The molecule has 5 nitrogen and oxygen atoms in total.